The van der Waals surface area contributed by atoms with Crippen LogP contribution in [0.5, 0.6) is 5.75 Å². The van der Waals surface area contributed by atoms with Gasteiger partial charge < -0.3 is 20.4 Å². The second-order valence-electron chi connectivity index (χ2n) is 9.32. The molecule has 1 amide bonds. The summed E-state index contributed by atoms with van der Waals surface area (Å²) in [5, 5.41) is 19.8. The molecule has 0 bridgehead atoms. The van der Waals surface area contributed by atoms with Crippen LogP contribution in [0, 0.1) is 6.92 Å². The Morgan fingerprint density at radius 1 is 1.08 bits per heavy atom. The van der Waals surface area contributed by atoms with Crippen molar-refractivity contribution in [3.8, 4) is 5.75 Å². The van der Waals surface area contributed by atoms with Crippen LogP contribution in [0.3, 0.4) is 0 Å². The van der Waals surface area contributed by atoms with E-state index in [-0.39, 0.29) is 5.91 Å². The molecule has 0 unspecified atom stereocenters. The second kappa shape index (κ2) is 13.1. The standard InChI is InChI=1S/C26H30N4O2.C2HF3O2/c1-19-5-3-7-21(15-19)26(32)28-22-9-12-27-25(17-22)29(2)23-10-13-30(14-11-23)18-20-6-4-8-24(31)16-20;3-2(4,5)1(6)7/h3-9,12,15-17,23,31H,10-11,13-14,18H2,1-2H3,(H,27,28,32);(H,6,7). The molecule has 3 N–H and O–H groups in total. The van der Waals surface area contributed by atoms with Crippen molar-refractivity contribution in [1.82, 2.24) is 9.88 Å². The van der Waals surface area contributed by atoms with Crippen LogP contribution in [0.25, 0.3) is 0 Å². The van der Waals surface area contributed by atoms with Gasteiger partial charge in [0.15, 0.2) is 0 Å². The van der Waals surface area contributed by atoms with Gasteiger partial charge in [-0.1, -0.05) is 29.8 Å². The third-order valence-corrected chi connectivity index (χ3v) is 6.31. The normalized spacial score (nSPS) is 14.2. The van der Waals surface area contributed by atoms with Gasteiger partial charge in [-0.15, -0.1) is 0 Å². The fourth-order valence-corrected chi connectivity index (χ4v) is 4.24. The van der Waals surface area contributed by atoms with Crippen molar-refractivity contribution in [2.75, 3.05) is 30.4 Å². The molecule has 0 radical (unpaired) electrons. The Bertz CT molecular complexity index is 1280. The van der Waals surface area contributed by atoms with Crippen LogP contribution in [-0.2, 0) is 11.3 Å². The zero-order valence-electron chi connectivity index (χ0n) is 21.7. The number of aromatic nitrogens is 1. The number of rotatable bonds is 6. The minimum absolute atomic E-state index is 0.117. The topological polar surface area (TPSA) is 106 Å². The molecule has 39 heavy (non-hydrogen) atoms. The lowest BCUT2D eigenvalue weighted by atomic mass is 10.0. The van der Waals surface area contributed by atoms with E-state index in [4.69, 9.17) is 9.90 Å². The van der Waals surface area contributed by atoms with Crippen molar-refractivity contribution in [3.63, 3.8) is 0 Å². The SMILES string of the molecule is Cc1cccc(C(=O)Nc2ccnc(N(C)C3CCN(Cc4cccc(O)c4)CC3)c2)c1.O=C(O)C(F)(F)F. The molecule has 3 aromatic rings. The van der Waals surface area contributed by atoms with Gasteiger partial charge >= 0.3 is 12.1 Å². The highest BCUT2D eigenvalue weighted by Crippen LogP contribution is 2.24. The number of amides is 1. The molecule has 2 aromatic carbocycles. The van der Waals surface area contributed by atoms with E-state index >= 15 is 0 Å². The molecule has 1 fully saturated rings. The van der Waals surface area contributed by atoms with Crippen LogP contribution in [0.2, 0.25) is 0 Å². The number of piperidine rings is 1. The quantitative estimate of drug-likeness (QED) is 0.397. The van der Waals surface area contributed by atoms with Gasteiger partial charge in [-0.05, 0) is 55.7 Å². The third kappa shape index (κ3) is 8.99. The number of carboxylic acids is 1. The number of benzene rings is 2. The average Bonchev–Trinajstić information content (AvgIpc) is 2.89. The van der Waals surface area contributed by atoms with E-state index in [2.05, 4.69) is 33.2 Å². The Morgan fingerprint density at radius 2 is 1.74 bits per heavy atom. The number of likely N-dealkylation sites (tertiary alicyclic amines) is 1. The zero-order valence-corrected chi connectivity index (χ0v) is 21.7. The zero-order chi connectivity index (χ0) is 28.6. The summed E-state index contributed by atoms with van der Waals surface area (Å²) in [7, 11) is 2.07. The minimum atomic E-state index is -5.08. The summed E-state index contributed by atoms with van der Waals surface area (Å²) in [6.07, 6.45) is -1.26. The van der Waals surface area contributed by atoms with Gasteiger partial charge in [0.05, 0.1) is 0 Å². The smallest absolute Gasteiger partial charge is 0.490 e. The molecule has 4 rings (SSSR count). The Balaban J connectivity index is 0.000000532. The highest BCUT2D eigenvalue weighted by molar-refractivity contribution is 6.04. The van der Waals surface area contributed by atoms with Crippen molar-refractivity contribution >= 4 is 23.4 Å². The summed E-state index contributed by atoms with van der Waals surface area (Å²) >= 11 is 0. The summed E-state index contributed by atoms with van der Waals surface area (Å²) in [5.74, 6) is -1.70. The average molecular weight is 545 g/mol. The fraction of sp³-hybridized carbons (Fsp3) is 0.321. The molecule has 1 aliphatic rings. The van der Waals surface area contributed by atoms with Gasteiger partial charge in [-0.2, -0.15) is 13.2 Å². The molecule has 11 heteroatoms. The maximum Gasteiger partial charge on any atom is 0.490 e. The Labute approximate surface area is 224 Å². The fourth-order valence-electron chi connectivity index (χ4n) is 4.24. The molecule has 1 aromatic heterocycles. The number of halogens is 3. The largest absolute Gasteiger partial charge is 0.508 e. The van der Waals surface area contributed by atoms with Gasteiger partial charge in [0.1, 0.15) is 11.6 Å². The Hall–Kier alpha value is -4.12. The van der Waals surface area contributed by atoms with E-state index in [9.17, 15) is 23.1 Å². The number of hydrogen-bond donors (Lipinski definition) is 3. The summed E-state index contributed by atoms with van der Waals surface area (Å²) in [6, 6.07) is 19.2. The maximum atomic E-state index is 12.6. The molecule has 1 aliphatic heterocycles. The van der Waals surface area contributed by atoms with E-state index in [0.717, 1.165) is 55.1 Å². The first-order valence-electron chi connectivity index (χ1n) is 12.3. The molecular weight excluding hydrogens is 513 g/mol. The van der Waals surface area contributed by atoms with Crippen LogP contribution in [0.1, 0.15) is 34.3 Å². The molecule has 0 spiro atoms. The predicted molar refractivity (Wildman–Crippen MR) is 142 cm³/mol. The number of nitrogens with zero attached hydrogens (tertiary/aromatic N) is 3. The Kier molecular flexibility index (Phi) is 9.89. The first-order chi connectivity index (χ1) is 18.4. The first-order valence-corrected chi connectivity index (χ1v) is 12.3. The van der Waals surface area contributed by atoms with Gasteiger partial charge in [0.25, 0.3) is 5.91 Å². The van der Waals surface area contributed by atoms with Gasteiger partial charge in [-0.25, -0.2) is 9.78 Å². The Morgan fingerprint density at radius 3 is 2.36 bits per heavy atom. The third-order valence-electron chi connectivity index (χ3n) is 6.31. The lowest BCUT2D eigenvalue weighted by Gasteiger charge is -2.37. The van der Waals surface area contributed by atoms with E-state index in [1.54, 1.807) is 12.3 Å². The van der Waals surface area contributed by atoms with Crippen LogP contribution in [0.4, 0.5) is 24.7 Å². The molecule has 8 nitrogen and oxygen atoms in total. The number of anilines is 2. The van der Waals surface area contributed by atoms with Gasteiger partial charge in [-0.3, -0.25) is 9.69 Å². The second-order valence-corrected chi connectivity index (χ2v) is 9.32. The number of carbonyl (C=O) groups excluding carboxylic acids is 1. The number of aliphatic carboxylic acids is 1. The van der Waals surface area contributed by atoms with E-state index in [1.807, 2.05) is 55.5 Å². The molecule has 2 heterocycles. The molecule has 0 atom stereocenters. The minimum Gasteiger partial charge on any atom is -0.508 e. The molecule has 0 saturated carbocycles. The van der Waals surface area contributed by atoms with Crippen LogP contribution >= 0.6 is 0 Å². The number of carboxylic acid groups (broad SMARTS) is 1. The number of phenolic OH excluding ortho intramolecular Hbond substituents is 1. The number of hydrogen-bond acceptors (Lipinski definition) is 6. The molecular formula is C28H31F3N4O4. The first kappa shape index (κ1) is 29.4. The van der Waals surface area contributed by atoms with Gasteiger partial charge in [0, 0.05) is 56.2 Å². The highest BCUT2D eigenvalue weighted by Gasteiger charge is 2.38. The summed E-state index contributed by atoms with van der Waals surface area (Å²) in [6.45, 7) is 4.82. The maximum absolute atomic E-state index is 12.6. The van der Waals surface area contributed by atoms with E-state index in [0.29, 0.717) is 17.4 Å². The van der Waals surface area contributed by atoms with Crippen molar-refractivity contribution in [3.05, 3.63) is 83.6 Å². The van der Waals surface area contributed by atoms with Crippen molar-refractivity contribution in [2.45, 2.75) is 38.5 Å². The van der Waals surface area contributed by atoms with Crippen LogP contribution in [-0.4, -0.2) is 64.3 Å². The van der Waals surface area contributed by atoms with Crippen LogP contribution in [0.15, 0.2) is 66.9 Å². The van der Waals surface area contributed by atoms with Crippen molar-refractivity contribution in [1.29, 1.82) is 0 Å². The summed E-state index contributed by atoms with van der Waals surface area (Å²) in [5.41, 5.74) is 3.59. The molecule has 0 aliphatic carbocycles. The number of carbonyl (C=O) groups is 2. The molecule has 1 saturated heterocycles. The summed E-state index contributed by atoms with van der Waals surface area (Å²) in [4.78, 5) is 30.7. The summed E-state index contributed by atoms with van der Waals surface area (Å²) < 4.78 is 31.7. The lowest BCUT2D eigenvalue weighted by molar-refractivity contribution is -0.192. The van der Waals surface area contributed by atoms with Gasteiger partial charge in [0.2, 0.25) is 0 Å². The predicted octanol–water partition coefficient (Wildman–Crippen LogP) is 5.08. The number of aryl methyl sites for hydroxylation is 1. The monoisotopic (exact) mass is 544 g/mol. The number of pyridine rings is 1. The highest BCUT2D eigenvalue weighted by atomic mass is 19.4. The number of nitrogens with one attached hydrogen (secondary N) is 1. The van der Waals surface area contributed by atoms with Crippen molar-refractivity contribution < 1.29 is 33.0 Å². The van der Waals surface area contributed by atoms with E-state index in [1.165, 1.54) is 0 Å². The van der Waals surface area contributed by atoms with E-state index < -0.39 is 12.1 Å². The van der Waals surface area contributed by atoms with Crippen LogP contribution < -0.4 is 10.2 Å². The van der Waals surface area contributed by atoms with Crippen molar-refractivity contribution in [2.24, 2.45) is 0 Å². The number of phenols is 1. The lowest BCUT2D eigenvalue weighted by Crippen LogP contribution is -2.43. The number of alkyl halides is 3. The molecule has 208 valence electrons. The number of aromatic hydroxyl groups is 1.